The van der Waals surface area contributed by atoms with E-state index in [1.807, 2.05) is 6.08 Å². The van der Waals surface area contributed by atoms with E-state index in [0.29, 0.717) is 12.3 Å². The molecule has 1 atom stereocenters. The average molecular weight is 260 g/mol. The summed E-state index contributed by atoms with van der Waals surface area (Å²) in [5, 5.41) is 3.28. The molecule has 1 heterocycles. The number of hydrogen-bond donors (Lipinski definition) is 1. The highest BCUT2D eigenvalue weighted by Gasteiger charge is 2.24. The summed E-state index contributed by atoms with van der Waals surface area (Å²) >= 11 is 0. The van der Waals surface area contributed by atoms with E-state index in [-0.39, 0.29) is 11.8 Å². The van der Waals surface area contributed by atoms with Crippen LogP contribution in [-0.2, 0) is 9.84 Å². The van der Waals surface area contributed by atoms with Gasteiger partial charge in [-0.05, 0) is 25.9 Å². The van der Waals surface area contributed by atoms with Gasteiger partial charge in [0.2, 0.25) is 0 Å². The Morgan fingerprint density at radius 1 is 1.47 bits per heavy atom. The molecule has 1 aliphatic heterocycles. The summed E-state index contributed by atoms with van der Waals surface area (Å²) in [7, 11) is -2.81. The van der Waals surface area contributed by atoms with Crippen LogP contribution in [0.2, 0.25) is 0 Å². The third-order valence-corrected chi connectivity index (χ3v) is 4.76. The van der Waals surface area contributed by atoms with Crippen LogP contribution < -0.4 is 5.32 Å². The van der Waals surface area contributed by atoms with Crippen molar-refractivity contribution in [1.82, 2.24) is 10.2 Å². The summed E-state index contributed by atoms with van der Waals surface area (Å²) < 4.78 is 23.0. The Balaban J connectivity index is 2.35. The fourth-order valence-electron chi connectivity index (χ4n) is 2.18. The van der Waals surface area contributed by atoms with Gasteiger partial charge in [0, 0.05) is 19.1 Å². The molecular formula is C12H24N2O2S. The minimum atomic E-state index is -2.81. The second-order valence-corrected chi connectivity index (χ2v) is 6.87. The molecule has 0 aromatic carbocycles. The van der Waals surface area contributed by atoms with Gasteiger partial charge in [0.25, 0.3) is 0 Å². The lowest BCUT2D eigenvalue weighted by Crippen LogP contribution is -2.46. The van der Waals surface area contributed by atoms with Gasteiger partial charge in [0.1, 0.15) is 0 Å². The highest BCUT2D eigenvalue weighted by molar-refractivity contribution is 7.91. The first-order chi connectivity index (χ1) is 8.07. The summed E-state index contributed by atoms with van der Waals surface area (Å²) in [6.07, 6.45) is 3.91. The summed E-state index contributed by atoms with van der Waals surface area (Å²) in [5.74, 6) is 0.579. The summed E-state index contributed by atoms with van der Waals surface area (Å²) in [6.45, 7) is 9.37. The van der Waals surface area contributed by atoms with E-state index in [0.717, 1.165) is 32.5 Å². The third-order valence-electron chi connectivity index (χ3n) is 3.02. The van der Waals surface area contributed by atoms with Crippen LogP contribution in [-0.4, -0.2) is 57.0 Å². The lowest BCUT2D eigenvalue weighted by molar-refractivity contribution is 0.284. The second kappa shape index (κ2) is 7.13. The van der Waals surface area contributed by atoms with Gasteiger partial charge in [-0.2, -0.15) is 0 Å². The first-order valence-corrected chi connectivity index (χ1v) is 8.16. The number of nitrogens with one attached hydrogen (secondary N) is 1. The Morgan fingerprint density at radius 3 is 2.82 bits per heavy atom. The van der Waals surface area contributed by atoms with Gasteiger partial charge < -0.3 is 5.32 Å². The number of nitrogens with zero attached hydrogens (tertiary/aromatic N) is 1. The van der Waals surface area contributed by atoms with Crippen LogP contribution in [0.25, 0.3) is 0 Å². The fourth-order valence-corrected chi connectivity index (χ4v) is 3.68. The van der Waals surface area contributed by atoms with Crippen LogP contribution in [0.1, 0.15) is 19.8 Å². The molecule has 100 valence electrons. The van der Waals surface area contributed by atoms with Crippen molar-refractivity contribution in [1.29, 1.82) is 0 Å². The van der Waals surface area contributed by atoms with Crippen LogP contribution in [0.4, 0.5) is 0 Å². The smallest absolute Gasteiger partial charge is 0.153 e. The predicted molar refractivity (Wildman–Crippen MR) is 72.0 cm³/mol. The molecule has 1 saturated heterocycles. The quantitative estimate of drug-likeness (QED) is 0.683. The molecule has 1 unspecified atom stereocenters. The maximum Gasteiger partial charge on any atom is 0.153 e. The minimum Gasteiger partial charge on any atom is -0.312 e. The summed E-state index contributed by atoms with van der Waals surface area (Å²) in [4.78, 5) is 2.32. The molecule has 0 radical (unpaired) electrons. The van der Waals surface area contributed by atoms with Crippen LogP contribution in [0.3, 0.4) is 0 Å². The molecular weight excluding hydrogens is 236 g/mol. The third kappa shape index (κ3) is 5.66. The van der Waals surface area contributed by atoms with Gasteiger partial charge in [0.15, 0.2) is 9.84 Å². The topological polar surface area (TPSA) is 49.4 Å². The van der Waals surface area contributed by atoms with E-state index < -0.39 is 9.84 Å². The highest BCUT2D eigenvalue weighted by atomic mass is 32.2. The van der Waals surface area contributed by atoms with Crippen molar-refractivity contribution in [2.24, 2.45) is 0 Å². The zero-order valence-corrected chi connectivity index (χ0v) is 11.5. The summed E-state index contributed by atoms with van der Waals surface area (Å²) in [6, 6.07) is 0.123. The van der Waals surface area contributed by atoms with Gasteiger partial charge in [-0.3, -0.25) is 4.90 Å². The van der Waals surface area contributed by atoms with Gasteiger partial charge in [-0.25, -0.2) is 8.42 Å². The van der Waals surface area contributed by atoms with Crippen molar-refractivity contribution >= 4 is 9.84 Å². The molecule has 0 aromatic heterocycles. The van der Waals surface area contributed by atoms with E-state index in [9.17, 15) is 8.42 Å². The molecule has 17 heavy (non-hydrogen) atoms. The van der Waals surface area contributed by atoms with Gasteiger partial charge in [-0.15, -0.1) is 6.58 Å². The Bertz CT molecular complexity index is 327. The Hall–Kier alpha value is -0.390. The van der Waals surface area contributed by atoms with Gasteiger partial charge in [-0.1, -0.05) is 13.0 Å². The van der Waals surface area contributed by atoms with Crippen molar-refractivity contribution in [3.8, 4) is 0 Å². The molecule has 4 nitrogen and oxygen atoms in total. The second-order valence-electron chi connectivity index (χ2n) is 4.64. The van der Waals surface area contributed by atoms with E-state index >= 15 is 0 Å². The summed E-state index contributed by atoms with van der Waals surface area (Å²) in [5.41, 5.74) is 0. The van der Waals surface area contributed by atoms with Crippen LogP contribution in [0, 0.1) is 0 Å². The maximum atomic E-state index is 11.5. The normalized spacial score (nSPS) is 23.8. The molecule has 1 rings (SSSR count). The van der Waals surface area contributed by atoms with Crippen LogP contribution >= 0.6 is 0 Å². The molecule has 5 heteroatoms. The molecule has 0 aliphatic carbocycles. The molecule has 1 N–H and O–H groups in total. The van der Waals surface area contributed by atoms with Crippen molar-refractivity contribution in [2.75, 3.05) is 37.7 Å². The Labute approximate surface area is 105 Å². The largest absolute Gasteiger partial charge is 0.312 e. The maximum absolute atomic E-state index is 11.5. The van der Waals surface area contributed by atoms with Crippen molar-refractivity contribution in [2.45, 2.75) is 25.8 Å². The molecule has 0 aromatic rings. The monoisotopic (exact) mass is 260 g/mol. The zero-order valence-electron chi connectivity index (χ0n) is 10.7. The van der Waals surface area contributed by atoms with Crippen LogP contribution in [0.15, 0.2) is 12.7 Å². The fraction of sp³-hybridized carbons (Fsp3) is 0.833. The molecule has 0 spiro atoms. The lowest BCUT2D eigenvalue weighted by Gasteiger charge is -2.27. The SMILES string of the molecule is C=CCN(CCC)CCC1CS(=O)(=O)CCN1. The zero-order chi connectivity index (χ0) is 12.7. The van der Waals surface area contributed by atoms with E-state index in [1.54, 1.807) is 0 Å². The van der Waals surface area contributed by atoms with Gasteiger partial charge >= 0.3 is 0 Å². The first-order valence-electron chi connectivity index (χ1n) is 6.34. The lowest BCUT2D eigenvalue weighted by atomic mass is 10.2. The minimum absolute atomic E-state index is 0.123. The Morgan fingerprint density at radius 2 is 2.24 bits per heavy atom. The number of rotatable bonds is 7. The Kier molecular flexibility index (Phi) is 6.16. The van der Waals surface area contributed by atoms with E-state index in [4.69, 9.17) is 0 Å². The standard InChI is InChI=1S/C12H24N2O2S/c1-3-7-14(8-4-2)9-5-12-11-17(15,16)10-6-13-12/h3,12-13H,1,4-11H2,2H3. The van der Waals surface area contributed by atoms with E-state index in [2.05, 4.69) is 23.7 Å². The molecule has 0 bridgehead atoms. The number of sulfone groups is 1. The molecule has 0 amide bonds. The number of hydrogen-bond acceptors (Lipinski definition) is 4. The average Bonchev–Trinajstić information content (AvgIpc) is 2.25. The first kappa shape index (κ1) is 14.7. The molecule has 1 aliphatic rings. The van der Waals surface area contributed by atoms with Gasteiger partial charge in [0.05, 0.1) is 11.5 Å². The van der Waals surface area contributed by atoms with Crippen molar-refractivity contribution in [3.05, 3.63) is 12.7 Å². The molecule has 1 fully saturated rings. The predicted octanol–water partition coefficient (Wildman–Crippen LogP) is 0.661. The van der Waals surface area contributed by atoms with E-state index in [1.165, 1.54) is 0 Å². The van der Waals surface area contributed by atoms with Crippen molar-refractivity contribution in [3.63, 3.8) is 0 Å². The van der Waals surface area contributed by atoms with Crippen molar-refractivity contribution < 1.29 is 8.42 Å². The van der Waals surface area contributed by atoms with Crippen LogP contribution in [0.5, 0.6) is 0 Å². The highest BCUT2D eigenvalue weighted by Crippen LogP contribution is 2.06. The molecule has 0 saturated carbocycles.